The summed E-state index contributed by atoms with van der Waals surface area (Å²) in [6.07, 6.45) is 8.64. The van der Waals surface area contributed by atoms with E-state index in [1.54, 1.807) is 0 Å². The molecule has 0 aromatic rings. The zero-order valence-electron chi connectivity index (χ0n) is 5.74. The summed E-state index contributed by atoms with van der Waals surface area (Å²) in [5.41, 5.74) is 0. The van der Waals surface area contributed by atoms with Crippen molar-refractivity contribution in [2.24, 2.45) is 0 Å². The fourth-order valence-electron chi connectivity index (χ4n) is 1.81. The molecule has 3 aliphatic rings. The average molecular weight is 233 g/mol. The van der Waals surface area contributed by atoms with E-state index in [0.29, 0.717) is 0 Å². The van der Waals surface area contributed by atoms with Gasteiger partial charge in [-0.05, 0) is 25.2 Å². The van der Waals surface area contributed by atoms with Crippen LogP contribution in [0.25, 0.3) is 0 Å². The van der Waals surface area contributed by atoms with E-state index in [-0.39, 0.29) is 28.2 Å². The molecule has 0 amide bonds. The van der Waals surface area contributed by atoms with Gasteiger partial charge in [0, 0.05) is 28.2 Å². The maximum absolute atomic E-state index is 1.85. The van der Waals surface area contributed by atoms with E-state index >= 15 is 0 Å². The molecule has 0 unspecified atom stereocenters. The largest absolute Gasteiger partial charge is 0.0905 e. The van der Waals surface area contributed by atoms with Crippen LogP contribution in [0.5, 0.6) is 0 Å². The van der Waals surface area contributed by atoms with Crippen molar-refractivity contribution in [2.45, 2.75) is 38.5 Å². The van der Waals surface area contributed by atoms with Gasteiger partial charge in [0.15, 0.2) is 0 Å². The molecule has 5 radical (unpaired) electrons. The van der Waals surface area contributed by atoms with Gasteiger partial charge in [-0.2, -0.15) is 0 Å². The Balaban J connectivity index is -0.000000202. The van der Waals surface area contributed by atoms with Crippen molar-refractivity contribution in [1.29, 1.82) is 0 Å². The Morgan fingerprint density at radius 1 is 1.00 bits per heavy atom. The van der Waals surface area contributed by atoms with Crippen molar-refractivity contribution in [3.63, 3.8) is 0 Å². The molecule has 0 atom stereocenters. The first-order valence-electron chi connectivity index (χ1n) is 3.62. The standard InChI is InChI=1S/C8H12.Sn.3H2/c1-2-8-5-3-7(1)4-6-8;;;;/h1-6H2;;3*1H/q+1;;;;. The molecule has 3 fully saturated rings. The molecule has 53 valence electrons. The molecule has 3 rings (SSSR count). The molecular weight excluding hydrogens is 215 g/mol. The van der Waals surface area contributed by atoms with Gasteiger partial charge >= 0.3 is 0 Å². The second kappa shape index (κ2) is 3.18. The zero-order chi connectivity index (χ0) is 5.40. The molecule has 0 aromatic heterocycles. The Bertz CT molecular complexity index is 69.3. The van der Waals surface area contributed by atoms with Crippen LogP contribution in [0.3, 0.4) is 0 Å². The van der Waals surface area contributed by atoms with Crippen LogP contribution in [-0.4, -0.2) is 23.9 Å². The average Bonchev–Trinajstić information content (AvgIpc) is 1.92. The molecule has 1 heteroatoms. The van der Waals surface area contributed by atoms with E-state index in [4.69, 9.17) is 0 Å². The Kier molecular flexibility index (Phi) is 2.74. The van der Waals surface area contributed by atoms with E-state index in [1.807, 2.05) is 11.8 Å². The molecule has 0 N–H and O–H groups in total. The summed E-state index contributed by atoms with van der Waals surface area (Å²) in [6.45, 7) is 0. The third kappa shape index (κ3) is 1.57. The first kappa shape index (κ1) is 7.77. The molecule has 9 heavy (non-hydrogen) atoms. The van der Waals surface area contributed by atoms with Gasteiger partial charge in [0.1, 0.15) is 0 Å². The Labute approximate surface area is 78.8 Å². The van der Waals surface area contributed by atoms with Crippen molar-refractivity contribution in [2.75, 3.05) is 0 Å². The van der Waals surface area contributed by atoms with Crippen LogP contribution >= 0.6 is 0 Å². The summed E-state index contributed by atoms with van der Waals surface area (Å²) in [4.78, 5) is 0. The number of hydrogen-bond acceptors (Lipinski definition) is 0. The molecule has 0 nitrogen and oxygen atoms in total. The predicted molar refractivity (Wildman–Crippen MR) is 46.3 cm³/mol. The Morgan fingerprint density at radius 3 is 1.56 bits per heavy atom. The second-order valence-electron chi connectivity index (χ2n) is 3.00. The van der Waals surface area contributed by atoms with Gasteiger partial charge < -0.3 is 0 Å². The third-order valence-electron chi connectivity index (χ3n) is 2.50. The van der Waals surface area contributed by atoms with Crippen molar-refractivity contribution >= 4 is 23.9 Å². The van der Waals surface area contributed by atoms with Crippen molar-refractivity contribution in [3.05, 3.63) is 11.8 Å². The normalized spacial score (nSPS) is 26.0. The summed E-state index contributed by atoms with van der Waals surface area (Å²) >= 11 is 0. The summed E-state index contributed by atoms with van der Waals surface area (Å²) < 4.78 is 0. The van der Waals surface area contributed by atoms with Crippen LogP contribution in [0.1, 0.15) is 42.8 Å². The van der Waals surface area contributed by atoms with E-state index in [2.05, 4.69) is 0 Å². The number of rotatable bonds is 0. The first-order valence-corrected chi connectivity index (χ1v) is 3.62. The number of hydrogen-bond donors (Lipinski definition) is 0. The second-order valence-corrected chi connectivity index (χ2v) is 3.00. The van der Waals surface area contributed by atoms with E-state index in [1.165, 1.54) is 38.5 Å². The van der Waals surface area contributed by atoms with Crippen LogP contribution in [0.4, 0.5) is 0 Å². The summed E-state index contributed by atoms with van der Waals surface area (Å²) in [5, 5.41) is 0. The number of fused-ring (bicyclic) bond motifs is 3. The molecule has 0 spiro atoms. The quantitative estimate of drug-likeness (QED) is 0.445. The monoisotopic (exact) mass is 234 g/mol. The smallest absolute Gasteiger partial charge is 0.0115 e. The van der Waals surface area contributed by atoms with Crippen LogP contribution in [0.2, 0.25) is 0 Å². The summed E-state index contributed by atoms with van der Waals surface area (Å²) in [6, 6.07) is 0. The SMILES string of the molecule is C1C[C+]2CC[C]1CC2.[HH].[HH].[HH].[Sn]. The van der Waals surface area contributed by atoms with Crippen molar-refractivity contribution in [3.8, 4) is 0 Å². The van der Waals surface area contributed by atoms with Crippen LogP contribution in [-0.2, 0) is 0 Å². The maximum Gasteiger partial charge on any atom is 0.0905 e. The van der Waals surface area contributed by atoms with Gasteiger partial charge in [-0.3, -0.25) is 0 Å². The van der Waals surface area contributed by atoms with Gasteiger partial charge in [0.05, 0.1) is 25.2 Å². The molecule has 0 saturated heterocycles. The molecule has 2 bridgehead atoms. The van der Waals surface area contributed by atoms with Crippen LogP contribution < -0.4 is 0 Å². The maximum atomic E-state index is 1.85. The fourth-order valence-corrected chi connectivity index (χ4v) is 1.81. The molecule has 0 heterocycles. The molecule has 3 aliphatic carbocycles. The van der Waals surface area contributed by atoms with E-state index < -0.39 is 0 Å². The molecule has 3 saturated carbocycles. The molecule has 0 aliphatic heterocycles. The van der Waals surface area contributed by atoms with Crippen LogP contribution in [0.15, 0.2) is 0 Å². The minimum absolute atomic E-state index is 0. The Hall–Kier alpha value is 0.669. The summed E-state index contributed by atoms with van der Waals surface area (Å²) in [7, 11) is 0. The van der Waals surface area contributed by atoms with Gasteiger partial charge in [-0.15, -0.1) is 0 Å². The van der Waals surface area contributed by atoms with Gasteiger partial charge in [-0.25, -0.2) is 0 Å². The molecule has 0 aromatic carbocycles. The predicted octanol–water partition coefficient (Wildman–Crippen LogP) is 2.86. The van der Waals surface area contributed by atoms with Crippen LogP contribution in [0, 0.1) is 11.8 Å². The minimum Gasteiger partial charge on any atom is -0.0115 e. The zero-order valence-corrected chi connectivity index (χ0v) is 8.60. The Morgan fingerprint density at radius 2 is 1.44 bits per heavy atom. The van der Waals surface area contributed by atoms with Crippen molar-refractivity contribution in [1.82, 2.24) is 0 Å². The fraction of sp³-hybridized carbons (Fsp3) is 0.750. The van der Waals surface area contributed by atoms with Crippen molar-refractivity contribution < 1.29 is 4.28 Å². The minimum atomic E-state index is 0. The van der Waals surface area contributed by atoms with E-state index in [0.717, 1.165) is 0 Å². The first-order chi connectivity index (χ1) is 3.95. The summed E-state index contributed by atoms with van der Waals surface area (Å²) in [5.74, 6) is 3.69. The molecular formula is C8H18Sn+. The van der Waals surface area contributed by atoms with Gasteiger partial charge in [0.25, 0.3) is 0 Å². The topological polar surface area (TPSA) is 0 Å². The van der Waals surface area contributed by atoms with Gasteiger partial charge in [-0.1, -0.05) is 0 Å². The third-order valence-corrected chi connectivity index (χ3v) is 2.50. The van der Waals surface area contributed by atoms with E-state index in [9.17, 15) is 0 Å². The van der Waals surface area contributed by atoms with Gasteiger partial charge in [0.2, 0.25) is 0 Å².